The average molecular weight is 409 g/mol. The van der Waals surface area contributed by atoms with Crippen LogP contribution in [0.4, 0.5) is 37.6 Å². The van der Waals surface area contributed by atoms with Crippen LogP contribution in [0.5, 0.6) is 5.75 Å². The molecule has 0 atom stereocenters. The van der Waals surface area contributed by atoms with Crippen LogP contribution in [0.15, 0.2) is 54.9 Å². The molecule has 0 saturated carbocycles. The Hall–Kier alpha value is -4.28. The summed E-state index contributed by atoms with van der Waals surface area (Å²) in [5, 5.41) is 16.1. The lowest BCUT2D eigenvalue weighted by Crippen LogP contribution is -2.43. The minimum atomic E-state index is -3.90. The second-order valence-electron chi connectivity index (χ2n) is 6.44. The van der Waals surface area contributed by atoms with E-state index in [4.69, 9.17) is 0 Å². The number of anilines is 5. The maximum Gasteiger partial charge on any atom is 0.482 e. The maximum absolute atomic E-state index is 13.3. The lowest BCUT2D eigenvalue weighted by atomic mass is 10.2. The van der Waals surface area contributed by atoms with Crippen molar-refractivity contribution in [1.82, 2.24) is 20.2 Å². The summed E-state index contributed by atoms with van der Waals surface area (Å²) >= 11 is 0. The zero-order valence-corrected chi connectivity index (χ0v) is 15.1. The molecular formula is C19H13F2N7O2. The van der Waals surface area contributed by atoms with Gasteiger partial charge >= 0.3 is 12.0 Å². The highest BCUT2D eigenvalue weighted by Gasteiger charge is 2.46. The Bertz CT molecular complexity index is 1270. The van der Waals surface area contributed by atoms with E-state index < -0.39 is 12.0 Å². The molecule has 150 valence electrons. The Morgan fingerprint density at radius 1 is 1.10 bits per heavy atom. The van der Waals surface area contributed by atoms with Gasteiger partial charge in [0, 0.05) is 17.3 Å². The van der Waals surface area contributed by atoms with Gasteiger partial charge in [0.25, 0.3) is 0 Å². The van der Waals surface area contributed by atoms with Gasteiger partial charge in [0.2, 0.25) is 5.95 Å². The van der Waals surface area contributed by atoms with Crippen LogP contribution in [0, 0.1) is 0 Å². The molecule has 0 bridgehead atoms. The van der Waals surface area contributed by atoms with Crippen LogP contribution in [0.25, 0.3) is 10.9 Å². The number of carbonyl (C=O) groups is 1. The highest BCUT2D eigenvalue weighted by Crippen LogP contribution is 2.37. The molecule has 0 spiro atoms. The lowest BCUT2D eigenvalue weighted by molar-refractivity contribution is -0.189. The summed E-state index contributed by atoms with van der Waals surface area (Å²) in [6.45, 7) is 0. The molecular weight excluding hydrogens is 396 g/mol. The summed E-state index contributed by atoms with van der Waals surface area (Å²) in [5.74, 6) is -0.846. The molecule has 2 aromatic carbocycles. The number of alkyl halides is 2. The van der Waals surface area contributed by atoms with Crippen LogP contribution >= 0.6 is 0 Å². The second-order valence-corrected chi connectivity index (χ2v) is 6.44. The largest absolute Gasteiger partial charge is 0.482 e. The molecule has 1 amide bonds. The molecule has 0 aliphatic carbocycles. The summed E-state index contributed by atoms with van der Waals surface area (Å²) in [5.41, 5.74) is 2.31. The van der Waals surface area contributed by atoms with Gasteiger partial charge < -0.3 is 20.7 Å². The second kappa shape index (κ2) is 6.65. The minimum Gasteiger partial charge on any atom is -0.423 e. The monoisotopic (exact) mass is 409 g/mol. The number of hydrogen-bond donors (Lipinski definition) is 4. The fraction of sp³-hybridized carbons (Fsp3) is 0.0526. The van der Waals surface area contributed by atoms with Gasteiger partial charge in [-0.05, 0) is 36.4 Å². The fourth-order valence-electron chi connectivity index (χ4n) is 3.01. The first-order valence-corrected chi connectivity index (χ1v) is 8.79. The number of fused-ring (bicyclic) bond motifs is 2. The molecule has 4 aromatic rings. The van der Waals surface area contributed by atoms with E-state index in [0.29, 0.717) is 11.5 Å². The summed E-state index contributed by atoms with van der Waals surface area (Å²) in [4.78, 5) is 20.0. The van der Waals surface area contributed by atoms with Crippen molar-refractivity contribution in [3.05, 3.63) is 54.9 Å². The van der Waals surface area contributed by atoms with E-state index in [-0.39, 0.29) is 17.4 Å². The van der Waals surface area contributed by atoms with Crippen molar-refractivity contribution in [3.8, 4) is 5.75 Å². The molecule has 11 heteroatoms. The van der Waals surface area contributed by atoms with Crippen molar-refractivity contribution in [2.24, 2.45) is 0 Å². The zero-order valence-electron chi connectivity index (χ0n) is 15.1. The molecule has 3 heterocycles. The van der Waals surface area contributed by atoms with Crippen LogP contribution in [0.1, 0.15) is 0 Å². The van der Waals surface area contributed by atoms with E-state index in [1.54, 1.807) is 18.5 Å². The number of benzene rings is 2. The highest BCUT2D eigenvalue weighted by atomic mass is 19.3. The van der Waals surface area contributed by atoms with Gasteiger partial charge in [0.1, 0.15) is 5.82 Å². The van der Waals surface area contributed by atoms with Crippen LogP contribution in [0.3, 0.4) is 0 Å². The number of hydrogen-bond acceptors (Lipinski definition) is 7. The molecule has 1 aliphatic rings. The van der Waals surface area contributed by atoms with Crippen molar-refractivity contribution in [1.29, 1.82) is 0 Å². The Morgan fingerprint density at radius 3 is 2.90 bits per heavy atom. The maximum atomic E-state index is 13.3. The first kappa shape index (κ1) is 17.8. The van der Waals surface area contributed by atoms with Crippen molar-refractivity contribution in [2.45, 2.75) is 6.11 Å². The molecule has 0 fully saturated rings. The first-order valence-electron chi connectivity index (χ1n) is 8.79. The number of nitrogens with zero attached hydrogens (tertiary/aromatic N) is 3. The van der Waals surface area contributed by atoms with Crippen molar-refractivity contribution in [2.75, 3.05) is 16.0 Å². The Morgan fingerprint density at radius 2 is 2.00 bits per heavy atom. The topological polar surface area (TPSA) is 117 Å². The number of carbonyl (C=O) groups excluding carboxylic acids is 1. The number of ether oxygens (including phenoxy) is 1. The molecule has 9 nitrogen and oxygen atoms in total. The lowest BCUT2D eigenvalue weighted by Gasteiger charge is -2.25. The third-order valence-electron chi connectivity index (χ3n) is 4.39. The average Bonchev–Trinajstić information content (AvgIpc) is 3.19. The van der Waals surface area contributed by atoms with Gasteiger partial charge in [-0.3, -0.25) is 9.89 Å². The van der Waals surface area contributed by atoms with Gasteiger partial charge in [-0.1, -0.05) is 6.07 Å². The molecule has 2 aromatic heterocycles. The first-order chi connectivity index (χ1) is 14.5. The molecule has 4 N–H and O–H groups in total. The van der Waals surface area contributed by atoms with Gasteiger partial charge in [-0.15, -0.1) is 0 Å². The van der Waals surface area contributed by atoms with Crippen LogP contribution in [0.2, 0.25) is 0 Å². The molecule has 1 aliphatic heterocycles. The molecule has 0 unspecified atom stereocenters. The summed E-state index contributed by atoms with van der Waals surface area (Å²) in [7, 11) is 0. The fourth-order valence-corrected chi connectivity index (χ4v) is 3.01. The number of halogens is 2. The number of aromatic amines is 1. The number of amides is 1. The molecule has 0 saturated heterocycles. The SMILES string of the molecule is O=C1Nc2cc(Nc3nccc(Nc4cccc5[nH]ncc45)n3)ccc2OC1(F)F. The summed E-state index contributed by atoms with van der Waals surface area (Å²) < 4.78 is 31.1. The standard InChI is InChI=1S/C19H13F2N7O2/c20-19(21)17(29)26-14-8-10(4-5-15(14)30-19)24-18-22-7-6-16(27-18)25-12-2-1-3-13-11(12)9-23-28-13/h1-9H,(H,23,28)(H,26,29)(H2,22,24,25,27). The van der Waals surface area contributed by atoms with Gasteiger partial charge in [-0.25, -0.2) is 4.98 Å². The van der Waals surface area contributed by atoms with Crippen LogP contribution < -0.4 is 20.7 Å². The number of aromatic nitrogens is 4. The Labute approximate surface area is 167 Å². The quantitative estimate of drug-likeness (QED) is 0.405. The number of H-pyrrole nitrogens is 1. The van der Waals surface area contributed by atoms with Crippen molar-refractivity contribution >= 4 is 45.6 Å². The van der Waals surface area contributed by atoms with E-state index in [2.05, 4.69) is 40.9 Å². The van der Waals surface area contributed by atoms with Crippen LogP contribution in [-0.4, -0.2) is 32.2 Å². The van der Waals surface area contributed by atoms with E-state index >= 15 is 0 Å². The third kappa shape index (κ3) is 3.21. The summed E-state index contributed by atoms with van der Waals surface area (Å²) in [6, 6.07) is 11.7. The van der Waals surface area contributed by atoms with Gasteiger partial charge in [0.05, 0.1) is 23.1 Å². The van der Waals surface area contributed by atoms with Crippen molar-refractivity contribution in [3.63, 3.8) is 0 Å². The van der Waals surface area contributed by atoms with E-state index in [9.17, 15) is 13.6 Å². The molecule has 0 radical (unpaired) electrons. The minimum absolute atomic E-state index is 0.122. The van der Waals surface area contributed by atoms with E-state index in [1.165, 1.54) is 18.2 Å². The predicted octanol–water partition coefficient (Wildman–Crippen LogP) is 3.76. The number of rotatable bonds is 4. The molecule has 30 heavy (non-hydrogen) atoms. The molecule has 5 rings (SSSR count). The number of nitrogens with one attached hydrogen (secondary N) is 4. The third-order valence-corrected chi connectivity index (χ3v) is 4.39. The predicted molar refractivity (Wildman–Crippen MR) is 105 cm³/mol. The Balaban J connectivity index is 1.37. The zero-order chi connectivity index (χ0) is 20.7. The van der Waals surface area contributed by atoms with Gasteiger partial charge in [0.15, 0.2) is 5.75 Å². The van der Waals surface area contributed by atoms with Crippen molar-refractivity contribution < 1.29 is 18.3 Å². The van der Waals surface area contributed by atoms with E-state index in [0.717, 1.165) is 16.6 Å². The van der Waals surface area contributed by atoms with Gasteiger partial charge in [-0.2, -0.15) is 18.9 Å². The normalized spacial score (nSPS) is 14.5. The smallest absolute Gasteiger partial charge is 0.423 e. The van der Waals surface area contributed by atoms with Crippen LogP contribution in [-0.2, 0) is 4.79 Å². The summed E-state index contributed by atoms with van der Waals surface area (Å²) in [6.07, 6.45) is -0.620. The highest BCUT2D eigenvalue weighted by molar-refractivity contribution is 5.99. The van der Waals surface area contributed by atoms with E-state index in [1.807, 2.05) is 18.2 Å². The Kier molecular flexibility index (Phi) is 3.95.